The van der Waals surface area contributed by atoms with Crippen LogP contribution in [0.25, 0.3) is 0 Å². The zero-order chi connectivity index (χ0) is 15.7. The van der Waals surface area contributed by atoms with E-state index >= 15 is 0 Å². The lowest BCUT2D eigenvalue weighted by molar-refractivity contribution is 0.469. The molecule has 0 amide bonds. The van der Waals surface area contributed by atoms with Crippen LogP contribution in [-0.4, -0.2) is 13.4 Å². The molecule has 0 unspecified atom stereocenters. The van der Waals surface area contributed by atoms with Gasteiger partial charge in [0.15, 0.2) is 0 Å². The lowest BCUT2D eigenvalue weighted by Crippen LogP contribution is -2.41. The molecule has 21 heavy (non-hydrogen) atoms. The highest BCUT2D eigenvalue weighted by Crippen LogP contribution is 2.26. The number of hydrogen-bond donors (Lipinski definition) is 1. The molecule has 8 heteroatoms. The van der Waals surface area contributed by atoms with Crippen LogP contribution in [-0.2, 0) is 15.6 Å². The Morgan fingerprint density at radius 3 is 2.71 bits per heavy atom. The van der Waals surface area contributed by atoms with Crippen LogP contribution >= 0.6 is 11.3 Å². The Kier molecular flexibility index (Phi) is 4.09. The van der Waals surface area contributed by atoms with E-state index in [1.54, 1.807) is 31.5 Å². The second kappa shape index (κ2) is 5.52. The molecule has 0 fully saturated rings. The van der Waals surface area contributed by atoms with Crippen molar-refractivity contribution in [3.8, 4) is 6.07 Å². The van der Waals surface area contributed by atoms with Gasteiger partial charge in [-0.05, 0) is 26.0 Å². The average Bonchev–Trinajstić information content (AvgIpc) is 2.91. The van der Waals surface area contributed by atoms with Crippen molar-refractivity contribution in [3.63, 3.8) is 0 Å². The van der Waals surface area contributed by atoms with Gasteiger partial charge in [0.1, 0.15) is 27.4 Å². The van der Waals surface area contributed by atoms with Gasteiger partial charge in [-0.2, -0.15) is 9.98 Å². The summed E-state index contributed by atoms with van der Waals surface area (Å²) in [5.41, 5.74) is -1.47. The predicted octanol–water partition coefficient (Wildman–Crippen LogP) is 2.37. The zero-order valence-electron chi connectivity index (χ0n) is 11.3. The van der Waals surface area contributed by atoms with E-state index in [4.69, 9.17) is 5.26 Å². The molecule has 1 N–H and O–H groups in total. The molecule has 1 aromatic carbocycles. The first-order chi connectivity index (χ1) is 9.78. The number of rotatable bonds is 4. The first-order valence-electron chi connectivity index (χ1n) is 5.90. The van der Waals surface area contributed by atoms with Gasteiger partial charge < -0.3 is 0 Å². The van der Waals surface area contributed by atoms with E-state index in [-0.39, 0.29) is 4.90 Å². The smallest absolute Gasteiger partial charge is 0.242 e. The minimum Gasteiger partial charge on any atom is -0.248 e. The van der Waals surface area contributed by atoms with Crippen molar-refractivity contribution in [1.82, 2.24) is 9.71 Å². The maximum absolute atomic E-state index is 13.6. The number of halogens is 1. The Morgan fingerprint density at radius 1 is 1.43 bits per heavy atom. The lowest BCUT2D eigenvalue weighted by Gasteiger charge is -2.23. The van der Waals surface area contributed by atoms with Gasteiger partial charge >= 0.3 is 0 Å². The Morgan fingerprint density at radius 2 is 2.14 bits per heavy atom. The fourth-order valence-electron chi connectivity index (χ4n) is 1.80. The average molecular weight is 325 g/mol. The van der Waals surface area contributed by atoms with Crippen molar-refractivity contribution in [3.05, 3.63) is 46.2 Å². The molecule has 0 spiro atoms. The fraction of sp³-hybridized carbons (Fsp3) is 0.231. The molecule has 0 bridgehead atoms. The minimum atomic E-state index is -4.06. The Balaban J connectivity index is 2.45. The third-order valence-corrected chi connectivity index (χ3v) is 5.53. The van der Waals surface area contributed by atoms with Gasteiger partial charge in [0.25, 0.3) is 0 Å². The van der Waals surface area contributed by atoms with E-state index in [1.165, 1.54) is 23.5 Å². The molecule has 1 heterocycles. The first-order valence-corrected chi connectivity index (χ1v) is 8.27. The Hall–Kier alpha value is -1.82. The number of thiazole rings is 1. The van der Waals surface area contributed by atoms with Crippen LogP contribution in [0, 0.1) is 17.1 Å². The highest BCUT2D eigenvalue weighted by atomic mass is 32.2. The first kappa shape index (κ1) is 15.6. The number of benzene rings is 1. The molecule has 0 aliphatic rings. The molecule has 0 aliphatic carbocycles. The van der Waals surface area contributed by atoms with E-state index in [0.717, 1.165) is 6.07 Å². The number of sulfonamides is 1. The summed E-state index contributed by atoms with van der Waals surface area (Å²) in [5.74, 6) is -0.868. The Labute approximate surface area is 126 Å². The molecule has 110 valence electrons. The Bertz CT molecular complexity index is 793. The summed E-state index contributed by atoms with van der Waals surface area (Å²) in [6.07, 6.45) is 1.57. The summed E-state index contributed by atoms with van der Waals surface area (Å²) in [6.45, 7) is 3.30. The van der Waals surface area contributed by atoms with E-state index in [9.17, 15) is 12.8 Å². The lowest BCUT2D eigenvalue weighted by atomic mass is 10.1. The predicted molar refractivity (Wildman–Crippen MR) is 76.6 cm³/mol. The van der Waals surface area contributed by atoms with Gasteiger partial charge in [-0.3, -0.25) is 0 Å². The zero-order valence-corrected chi connectivity index (χ0v) is 12.9. The third-order valence-electron chi connectivity index (χ3n) is 2.73. The number of nitrogens with one attached hydrogen (secondary N) is 1. The summed E-state index contributed by atoms with van der Waals surface area (Å²) < 4.78 is 40.9. The number of nitrogens with zero attached hydrogens (tertiary/aromatic N) is 2. The minimum absolute atomic E-state index is 0.380. The van der Waals surface area contributed by atoms with Gasteiger partial charge in [0.2, 0.25) is 10.0 Å². The van der Waals surface area contributed by atoms with Crippen LogP contribution in [0.2, 0.25) is 0 Å². The highest BCUT2D eigenvalue weighted by molar-refractivity contribution is 7.89. The standard InChI is InChI=1S/C13H12FN3O2S2/c1-13(2,12-16-6-7-20-12)17-21(18,19)11-5-3-4-10(14)9(11)8-15/h3-7,17H,1-2H3. The molecule has 0 saturated heterocycles. The molecule has 0 aliphatic heterocycles. The van der Waals surface area contributed by atoms with Gasteiger partial charge in [-0.1, -0.05) is 6.07 Å². The van der Waals surface area contributed by atoms with E-state index < -0.39 is 26.9 Å². The van der Waals surface area contributed by atoms with Crippen LogP contribution < -0.4 is 4.72 Å². The van der Waals surface area contributed by atoms with Gasteiger partial charge in [-0.15, -0.1) is 11.3 Å². The largest absolute Gasteiger partial charge is 0.248 e. The summed E-state index contributed by atoms with van der Waals surface area (Å²) in [6, 6.07) is 5.08. The van der Waals surface area contributed by atoms with Crippen LogP contribution in [0.3, 0.4) is 0 Å². The van der Waals surface area contributed by atoms with Gasteiger partial charge in [0, 0.05) is 11.6 Å². The van der Waals surface area contributed by atoms with Crippen LogP contribution in [0.5, 0.6) is 0 Å². The second-order valence-electron chi connectivity index (χ2n) is 4.79. The molecule has 2 aromatic rings. The van der Waals surface area contributed by atoms with Crippen molar-refractivity contribution in [2.45, 2.75) is 24.3 Å². The quantitative estimate of drug-likeness (QED) is 0.935. The van der Waals surface area contributed by atoms with Crippen molar-refractivity contribution < 1.29 is 12.8 Å². The van der Waals surface area contributed by atoms with Gasteiger partial charge in [0.05, 0.1) is 5.54 Å². The molecular weight excluding hydrogens is 313 g/mol. The summed E-state index contributed by atoms with van der Waals surface area (Å²) in [5, 5.41) is 11.3. The highest BCUT2D eigenvalue weighted by Gasteiger charge is 2.32. The molecule has 2 rings (SSSR count). The second-order valence-corrected chi connectivity index (χ2v) is 7.34. The third kappa shape index (κ3) is 3.10. The summed E-state index contributed by atoms with van der Waals surface area (Å²) in [4.78, 5) is 3.70. The SMILES string of the molecule is CC(C)(NS(=O)(=O)c1cccc(F)c1C#N)c1nccs1. The van der Waals surface area contributed by atoms with E-state index in [2.05, 4.69) is 9.71 Å². The van der Waals surface area contributed by atoms with Crippen LogP contribution in [0.4, 0.5) is 4.39 Å². The van der Waals surface area contributed by atoms with E-state index in [1.807, 2.05) is 0 Å². The van der Waals surface area contributed by atoms with E-state index in [0.29, 0.717) is 5.01 Å². The molecule has 0 saturated carbocycles. The number of nitriles is 1. The molecule has 5 nitrogen and oxygen atoms in total. The van der Waals surface area contributed by atoms with Crippen molar-refractivity contribution in [2.24, 2.45) is 0 Å². The maximum Gasteiger partial charge on any atom is 0.242 e. The number of hydrogen-bond acceptors (Lipinski definition) is 5. The fourth-order valence-corrected chi connectivity index (χ4v) is 4.13. The molecule has 1 aromatic heterocycles. The van der Waals surface area contributed by atoms with Crippen molar-refractivity contribution in [1.29, 1.82) is 5.26 Å². The monoisotopic (exact) mass is 325 g/mol. The molecule has 0 radical (unpaired) electrons. The van der Waals surface area contributed by atoms with Crippen molar-refractivity contribution in [2.75, 3.05) is 0 Å². The summed E-state index contributed by atoms with van der Waals surface area (Å²) >= 11 is 1.30. The topological polar surface area (TPSA) is 82.9 Å². The number of aromatic nitrogens is 1. The molecular formula is C13H12FN3O2S2. The maximum atomic E-state index is 13.6. The van der Waals surface area contributed by atoms with Gasteiger partial charge in [-0.25, -0.2) is 17.8 Å². The van der Waals surface area contributed by atoms with Crippen LogP contribution in [0.15, 0.2) is 34.7 Å². The normalized spacial score (nSPS) is 12.1. The molecule has 0 atom stereocenters. The summed E-state index contributed by atoms with van der Waals surface area (Å²) in [7, 11) is -4.06. The van der Waals surface area contributed by atoms with Crippen LogP contribution in [0.1, 0.15) is 24.4 Å². The van der Waals surface area contributed by atoms with Crippen molar-refractivity contribution >= 4 is 21.4 Å².